The van der Waals surface area contributed by atoms with Crippen molar-refractivity contribution in [2.24, 2.45) is 0 Å². The van der Waals surface area contributed by atoms with Crippen LogP contribution in [-0.2, 0) is 6.54 Å². The number of nitrogens with zero attached hydrogens (tertiary/aromatic N) is 1. The van der Waals surface area contributed by atoms with E-state index in [1.807, 2.05) is 6.92 Å². The second-order valence-corrected chi connectivity index (χ2v) is 5.67. The molecule has 0 radical (unpaired) electrons. The number of ether oxygens (including phenoxy) is 1. The van der Waals surface area contributed by atoms with Gasteiger partial charge in [-0.15, -0.1) is 11.3 Å². The van der Waals surface area contributed by atoms with Gasteiger partial charge in [-0.1, -0.05) is 6.92 Å². The molecule has 112 valence electrons. The van der Waals surface area contributed by atoms with E-state index >= 15 is 0 Å². The number of nitro benzene ring substituents is 1. The highest BCUT2D eigenvalue weighted by Gasteiger charge is 2.15. The Hall–Kier alpha value is -2.08. The fourth-order valence-electron chi connectivity index (χ4n) is 1.87. The van der Waals surface area contributed by atoms with Gasteiger partial charge in [-0.05, 0) is 36.4 Å². The molecule has 5 nitrogen and oxygen atoms in total. The monoisotopic (exact) mass is 306 g/mol. The van der Waals surface area contributed by atoms with E-state index in [0.29, 0.717) is 18.9 Å². The van der Waals surface area contributed by atoms with Crippen LogP contribution in [0.4, 0.5) is 11.4 Å². The van der Waals surface area contributed by atoms with Crippen LogP contribution < -0.4 is 10.1 Å². The van der Waals surface area contributed by atoms with Crippen LogP contribution in [0.1, 0.15) is 23.8 Å². The lowest BCUT2D eigenvalue weighted by molar-refractivity contribution is -0.385. The third kappa shape index (κ3) is 3.95. The summed E-state index contributed by atoms with van der Waals surface area (Å²) in [4.78, 5) is 11.8. The largest absolute Gasteiger partial charge is 0.487 e. The van der Waals surface area contributed by atoms with Crippen molar-refractivity contribution in [2.45, 2.75) is 26.8 Å². The standard InChI is InChI=1S/C15H18N2O3S/c1-3-7-20-14-9-12(4-5-13(14)17(18)19)16-10-15-11(2)6-8-21-15/h4-6,8-9,16H,3,7,10H2,1-2H3. The summed E-state index contributed by atoms with van der Waals surface area (Å²) in [6, 6.07) is 6.96. The van der Waals surface area contributed by atoms with Crippen LogP contribution in [0.3, 0.4) is 0 Å². The van der Waals surface area contributed by atoms with Gasteiger partial charge in [0.05, 0.1) is 11.5 Å². The SMILES string of the molecule is CCCOc1cc(NCc2sccc2C)ccc1[N+](=O)[O-]. The Kier molecular flexibility index (Phi) is 5.16. The Bertz CT molecular complexity index is 625. The lowest BCUT2D eigenvalue weighted by Crippen LogP contribution is -2.02. The highest BCUT2D eigenvalue weighted by atomic mass is 32.1. The minimum Gasteiger partial charge on any atom is -0.487 e. The molecule has 21 heavy (non-hydrogen) atoms. The molecule has 0 fully saturated rings. The average molecular weight is 306 g/mol. The van der Waals surface area contributed by atoms with Crippen molar-refractivity contribution in [3.05, 3.63) is 50.2 Å². The summed E-state index contributed by atoms with van der Waals surface area (Å²) in [5.41, 5.74) is 2.07. The maximum absolute atomic E-state index is 11.0. The number of hydrogen-bond donors (Lipinski definition) is 1. The van der Waals surface area contributed by atoms with Crippen molar-refractivity contribution < 1.29 is 9.66 Å². The van der Waals surface area contributed by atoms with Crippen molar-refractivity contribution in [2.75, 3.05) is 11.9 Å². The number of benzene rings is 1. The van der Waals surface area contributed by atoms with E-state index < -0.39 is 4.92 Å². The van der Waals surface area contributed by atoms with Gasteiger partial charge in [0.15, 0.2) is 5.75 Å². The van der Waals surface area contributed by atoms with Gasteiger partial charge in [-0.2, -0.15) is 0 Å². The van der Waals surface area contributed by atoms with Crippen molar-refractivity contribution in [1.29, 1.82) is 0 Å². The van der Waals surface area contributed by atoms with Crippen LogP contribution in [0, 0.1) is 17.0 Å². The normalized spacial score (nSPS) is 10.4. The van der Waals surface area contributed by atoms with E-state index in [4.69, 9.17) is 4.74 Å². The van der Waals surface area contributed by atoms with Gasteiger partial charge in [-0.25, -0.2) is 0 Å². The molecule has 1 heterocycles. The lowest BCUT2D eigenvalue weighted by atomic mass is 10.2. The van der Waals surface area contributed by atoms with Crippen molar-refractivity contribution >= 4 is 22.7 Å². The Morgan fingerprint density at radius 2 is 2.19 bits per heavy atom. The number of nitro groups is 1. The molecule has 0 amide bonds. The van der Waals surface area contributed by atoms with Gasteiger partial charge in [0, 0.05) is 29.2 Å². The third-order valence-corrected chi connectivity index (χ3v) is 4.06. The second-order valence-electron chi connectivity index (χ2n) is 4.67. The van der Waals surface area contributed by atoms with Crippen molar-refractivity contribution in [3.8, 4) is 5.75 Å². The molecule has 1 N–H and O–H groups in total. The van der Waals surface area contributed by atoms with Crippen LogP contribution >= 0.6 is 11.3 Å². The van der Waals surface area contributed by atoms with Crippen LogP contribution in [0.15, 0.2) is 29.6 Å². The highest BCUT2D eigenvalue weighted by molar-refractivity contribution is 7.10. The van der Waals surface area contributed by atoms with E-state index in [0.717, 1.165) is 12.1 Å². The Morgan fingerprint density at radius 3 is 2.81 bits per heavy atom. The molecule has 0 saturated heterocycles. The lowest BCUT2D eigenvalue weighted by Gasteiger charge is -2.10. The summed E-state index contributed by atoms with van der Waals surface area (Å²) in [6.07, 6.45) is 0.809. The van der Waals surface area contributed by atoms with E-state index in [-0.39, 0.29) is 5.69 Å². The maximum Gasteiger partial charge on any atom is 0.311 e. The second kappa shape index (κ2) is 7.08. The van der Waals surface area contributed by atoms with Gasteiger partial charge in [-0.3, -0.25) is 10.1 Å². The summed E-state index contributed by atoms with van der Waals surface area (Å²) in [7, 11) is 0. The predicted octanol–water partition coefficient (Wildman–Crippen LogP) is 4.37. The van der Waals surface area contributed by atoms with Crippen LogP contribution in [0.5, 0.6) is 5.75 Å². The summed E-state index contributed by atoms with van der Waals surface area (Å²) >= 11 is 1.69. The first-order valence-electron chi connectivity index (χ1n) is 6.80. The van der Waals surface area contributed by atoms with Crippen LogP contribution in [-0.4, -0.2) is 11.5 Å². The van der Waals surface area contributed by atoms with Crippen LogP contribution in [0.2, 0.25) is 0 Å². The smallest absolute Gasteiger partial charge is 0.311 e. The summed E-state index contributed by atoms with van der Waals surface area (Å²) in [5, 5.41) is 16.3. The van der Waals surface area contributed by atoms with Crippen molar-refractivity contribution in [1.82, 2.24) is 0 Å². The summed E-state index contributed by atoms with van der Waals surface area (Å²) in [5.74, 6) is 0.315. The minimum atomic E-state index is -0.418. The highest BCUT2D eigenvalue weighted by Crippen LogP contribution is 2.30. The number of aryl methyl sites for hydroxylation is 1. The molecule has 0 unspecified atom stereocenters. The molecule has 0 aliphatic carbocycles. The number of thiophene rings is 1. The molecule has 0 bridgehead atoms. The fraction of sp³-hybridized carbons (Fsp3) is 0.333. The molecule has 2 aromatic rings. The van der Waals surface area contributed by atoms with E-state index in [9.17, 15) is 10.1 Å². The molecule has 1 aromatic heterocycles. The molecule has 1 aromatic carbocycles. The van der Waals surface area contributed by atoms with E-state index in [1.54, 1.807) is 23.5 Å². The molecule has 6 heteroatoms. The Labute approximate surface area is 127 Å². The fourth-order valence-corrected chi connectivity index (χ4v) is 2.72. The molecule has 2 rings (SSSR count). The number of nitrogens with one attached hydrogen (secondary N) is 1. The predicted molar refractivity (Wildman–Crippen MR) is 85.3 cm³/mol. The first kappa shape index (κ1) is 15.3. The van der Waals surface area contributed by atoms with Gasteiger partial charge in [0.1, 0.15) is 0 Å². The summed E-state index contributed by atoms with van der Waals surface area (Å²) < 4.78 is 5.47. The van der Waals surface area contributed by atoms with Gasteiger partial charge >= 0.3 is 5.69 Å². The zero-order valence-corrected chi connectivity index (χ0v) is 12.9. The first-order chi connectivity index (χ1) is 10.1. The molecule has 0 saturated carbocycles. The first-order valence-corrected chi connectivity index (χ1v) is 7.68. The van der Waals surface area contributed by atoms with E-state index in [1.165, 1.54) is 16.5 Å². The molecular formula is C15H18N2O3S. The summed E-state index contributed by atoms with van der Waals surface area (Å²) in [6.45, 7) is 5.20. The maximum atomic E-state index is 11.0. The quantitative estimate of drug-likeness (QED) is 0.609. The average Bonchev–Trinajstić information content (AvgIpc) is 2.88. The molecule has 0 spiro atoms. The number of anilines is 1. The topological polar surface area (TPSA) is 64.4 Å². The third-order valence-electron chi connectivity index (χ3n) is 3.04. The Morgan fingerprint density at radius 1 is 1.38 bits per heavy atom. The van der Waals surface area contributed by atoms with Crippen LogP contribution in [0.25, 0.3) is 0 Å². The number of rotatable bonds is 7. The van der Waals surface area contributed by atoms with Crippen molar-refractivity contribution in [3.63, 3.8) is 0 Å². The molecular weight excluding hydrogens is 288 g/mol. The zero-order chi connectivity index (χ0) is 15.2. The number of hydrogen-bond acceptors (Lipinski definition) is 5. The Balaban J connectivity index is 2.13. The minimum absolute atomic E-state index is 0.00121. The zero-order valence-electron chi connectivity index (χ0n) is 12.1. The van der Waals surface area contributed by atoms with Gasteiger partial charge in [0.2, 0.25) is 0 Å². The molecule has 0 atom stereocenters. The van der Waals surface area contributed by atoms with E-state index in [2.05, 4.69) is 23.7 Å². The van der Waals surface area contributed by atoms with Gasteiger partial charge < -0.3 is 10.1 Å². The molecule has 0 aliphatic rings. The van der Waals surface area contributed by atoms with Gasteiger partial charge in [0.25, 0.3) is 0 Å². The molecule has 0 aliphatic heterocycles.